The first kappa shape index (κ1) is 14.0. The third-order valence-electron chi connectivity index (χ3n) is 4.12. The van der Waals surface area contributed by atoms with E-state index in [1.165, 1.54) is 16.4 Å². The maximum Gasteiger partial charge on any atom is 0.243 e. The van der Waals surface area contributed by atoms with Crippen molar-refractivity contribution in [3.8, 4) is 6.07 Å². The number of nitrogens with one attached hydrogen (secondary N) is 1. The molecule has 3 rings (SSSR count). The average molecular weight is 305 g/mol. The fraction of sp³-hybridized carbons (Fsp3) is 0.429. The molecule has 2 heterocycles. The van der Waals surface area contributed by atoms with Crippen LogP contribution >= 0.6 is 0 Å². The van der Waals surface area contributed by atoms with Crippen LogP contribution in [0, 0.1) is 17.2 Å². The van der Waals surface area contributed by atoms with Gasteiger partial charge in [0.05, 0.1) is 28.5 Å². The number of benzene rings is 1. The Bertz CT molecular complexity index is 723. The highest BCUT2D eigenvalue weighted by atomic mass is 32.2. The summed E-state index contributed by atoms with van der Waals surface area (Å²) >= 11 is 0. The SMILES string of the molecule is N#Cc1cccc(S(=O)(=O)N2CCCC3C(=O)NCC32)c1. The maximum atomic E-state index is 12.8. The second kappa shape index (κ2) is 5.13. The van der Waals surface area contributed by atoms with Crippen LogP contribution in [0.4, 0.5) is 0 Å². The smallest absolute Gasteiger partial charge is 0.243 e. The minimum Gasteiger partial charge on any atom is -0.354 e. The molecular formula is C14H15N3O3S. The van der Waals surface area contributed by atoms with Crippen LogP contribution in [0.3, 0.4) is 0 Å². The Kier molecular flexibility index (Phi) is 3.43. The maximum absolute atomic E-state index is 12.8. The van der Waals surface area contributed by atoms with Gasteiger partial charge in [-0.1, -0.05) is 6.07 Å². The van der Waals surface area contributed by atoms with Crippen molar-refractivity contribution < 1.29 is 13.2 Å². The van der Waals surface area contributed by atoms with Crippen LogP contribution in [-0.2, 0) is 14.8 Å². The summed E-state index contributed by atoms with van der Waals surface area (Å²) in [4.78, 5) is 11.9. The van der Waals surface area contributed by atoms with Crippen molar-refractivity contribution in [2.45, 2.75) is 23.8 Å². The predicted octanol–water partition coefficient (Wildman–Crippen LogP) is 0.457. The minimum absolute atomic E-state index is 0.0642. The van der Waals surface area contributed by atoms with E-state index in [0.717, 1.165) is 6.42 Å². The molecule has 2 unspecified atom stereocenters. The van der Waals surface area contributed by atoms with E-state index >= 15 is 0 Å². The fourth-order valence-electron chi connectivity index (χ4n) is 3.07. The zero-order chi connectivity index (χ0) is 15.0. The monoisotopic (exact) mass is 305 g/mol. The first-order valence-electron chi connectivity index (χ1n) is 6.84. The number of sulfonamides is 1. The van der Waals surface area contributed by atoms with E-state index < -0.39 is 10.0 Å². The van der Waals surface area contributed by atoms with Gasteiger partial charge in [0, 0.05) is 13.1 Å². The molecule has 110 valence electrons. The molecule has 1 amide bonds. The Morgan fingerprint density at radius 3 is 2.95 bits per heavy atom. The van der Waals surface area contributed by atoms with Crippen LogP contribution in [-0.4, -0.2) is 37.8 Å². The van der Waals surface area contributed by atoms with Gasteiger partial charge in [-0.25, -0.2) is 8.42 Å². The van der Waals surface area contributed by atoms with E-state index in [4.69, 9.17) is 5.26 Å². The molecule has 7 heteroatoms. The van der Waals surface area contributed by atoms with Gasteiger partial charge in [-0.2, -0.15) is 9.57 Å². The minimum atomic E-state index is -3.68. The van der Waals surface area contributed by atoms with Crippen LogP contribution in [0.25, 0.3) is 0 Å². The lowest BCUT2D eigenvalue weighted by atomic mass is 9.93. The molecule has 0 aliphatic carbocycles. The second-order valence-corrected chi connectivity index (χ2v) is 7.21. The van der Waals surface area contributed by atoms with Gasteiger partial charge in [-0.05, 0) is 31.0 Å². The number of piperidine rings is 1. The highest BCUT2D eigenvalue weighted by Crippen LogP contribution is 2.32. The van der Waals surface area contributed by atoms with Crippen LogP contribution in [0.2, 0.25) is 0 Å². The van der Waals surface area contributed by atoms with Gasteiger partial charge < -0.3 is 5.32 Å². The third kappa shape index (κ3) is 2.30. The van der Waals surface area contributed by atoms with E-state index in [-0.39, 0.29) is 22.8 Å². The molecule has 2 aliphatic rings. The molecule has 0 bridgehead atoms. The van der Waals surface area contributed by atoms with E-state index in [2.05, 4.69) is 5.32 Å². The summed E-state index contributed by atoms with van der Waals surface area (Å²) in [6.07, 6.45) is 1.40. The number of fused-ring (bicyclic) bond motifs is 1. The molecule has 1 N–H and O–H groups in total. The Hall–Kier alpha value is -1.91. The Morgan fingerprint density at radius 2 is 2.19 bits per heavy atom. The first-order chi connectivity index (χ1) is 10.0. The summed E-state index contributed by atoms with van der Waals surface area (Å²) in [7, 11) is -3.68. The van der Waals surface area contributed by atoms with Gasteiger partial charge in [0.2, 0.25) is 15.9 Å². The molecule has 0 radical (unpaired) electrons. The zero-order valence-corrected chi connectivity index (χ0v) is 12.1. The first-order valence-corrected chi connectivity index (χ1v) is 8.28. The van der Waals surface area contributed by atoms with Crippen LogP contribution < -0.4 is 5.32 Å². The van der Waals surface area contributed by atoms with Crippen LogP contribution in [0.1, 0.15) is 18.4 Å². The molecule has 1 aromatic carbocycles. The van der Waals surface area contributed by atoms with E-state index in [9.17, 15) is 13.2 Å². The van der Waals surface area contributed by atoms with Crippen molar-refractivity contribution in [1.82, 2.24) is 9.62 Å². The molecule has 2 aliphatic heterocycles. The standard InChI is InChI=1S/C14H15N3O3S/c15-8-10-3-1-4-11(7-10)21(19,20)17-6-2-5-12-13(17)9-16-14(12)18/h1,3-4,7,12-13H,2,5-6,9H2,(H,16,18). The van der Waals surface area contributed by atoms with Gasteiger partial charge in [-0.15, -0.1) is 0 Å². The number of rotatable bonds is 2. The summed E-state index contributed by atoms with van der Waals surface area (Å²) < 4.78 is 27.0. The fourth-order valence-corrected chi connectivity index (χ4v) is 4.82. The zero-order valence-electron chi connectivity index (χ0n) is 11.3. The number of nitriles is 1. The Balaban J connectivity index is 1.98. The Morgan fingerprint density at radius 1 is 1.38 bits per heavy atom. The molecular weight excluding hydrogens is 290 g/mol. The molecule has 2 atom stereocenters. The van der Waals surface area contributed by atoms with E-state index in [0.29, 0.717) is 25.1 Å². The third-order valence-corrected chi connectivity index (χ3v) is 6.04. The number of carbonyl (C=O) groups is 1. The van der Waals surface area contributed by atoms with Gasteiger partial charge in [0.1, 0.15) is 0 Å². The number of amides is 1. The lowest BCUT2D eigenvalue weighted by molar-refractivity contribution is -0.123. The van der Waals surface area contributed by atoms with Gasteiger partial charge in [0.15, 0.2) is 0 Å². The predicted molar refractivity (Wildman–Crippen MR) is 74.6 cm³/mol. The van der Waals surface area contributed by atoms with Crippen LogP contribution in [0.15, 0.2) is 29.2 Å². The van der Waals surface area contributed by atoms with Crippen LogP contribution in [0.5, 0.6) is 0 Å². The van der Waals surface area contributed by atoms with E-state index in [1.54, 1.807) is 12.1 Å². The molecule has 6 nitrogen and oxygen atoms in total. The van der Waals surface area contributed by atoms with Crippen molar-refractivity contribution in [3.63, 3.8) is 0 Å². The van der Waals surface area contributed by atoms with Gasteiger partial charge in [-0.3, -0.25) is 4.79 Å². The number of hydrogen-bond donors (Lipinski definition) is 1. The lowest BCUT2D eigenvalue weighted by Crippen LogP contribution is -2.48. The quantitative estimate of drug-likeness (QED) is 0.859. The number of hydrogen-bond acceptors (Lipinski definition) is 4. The molecule has 21 heavy (non-hydrogen) atoms. The largest absolute Gasteiger partial charge is 0.354 e. The molecule has 0 spiro atoms. The van der Waals surface area contributed by atoms with Crippen molar-refractivity contribution in [2.75, 3.05) is 13.1 Å². The van der Waals surface area contributed by atoms with Gasteiger partial charge >= 0.3 is 0 Å². The lowest BCUT2D eigenvalue weighted by Gasteiger charge is -2.34. The number of nitrogens with zero attached hydrogens (tertiary/aromatic N) is 2. The van der Waals surface area contributed by atoms with Crippen molar-refractivity contribution in [3.05, 3.63) is 29.8 Å². The molecule has 2 fully saturated rings. The molecule has 1 aromatic rings. The van der Waals surface area contributed by atoms with Crippen molar-refractivity contribution in [1.29, 1.82) is 5.26 Å². The molecule has 0 aromatic heterocycles. The summed E-state index contributed by atoms with van der Waals surface area (Å²) in [5.41, 5.74) is 0.310. The highest BCUT2D eigenvalue weighted by Gasteiger charge is 2.45. The normalized spacial score (nSPS) is 26.0. The molecule has 2 saturated heterocycles. The number of carbonyl (C=O) groups excluding carboxylic acids is 1. The Labute approximate surface area is 123 Å². The highest BCUT2D eigenvalue weighted by molar-refractivity contribution is 7.89. The average Bonchev–Trinajstić information content (AvgIpc) is 2.89. The summed E-state index contributed by atoms with van der Waals surface area (Å²) in [5, 5.41) is 11.7. The summed E-state index contributed by atoms with van der Waals surface area (Å²) in [6.45, 7) is 0.774. The summed E-state index contributed by atoms with van der Waals surface area (Å²) in [5.74, 6) is -0.321. The summed E-state index contributed by atoms with van der Waals surface area (Å²) in [6, 6.07) is 7.63. The second-order valence-electron chi connectivity index (χ2n) is 5.32. The van der Waals surface area contributed by atoms with E-state index in [1.807, 2.05) is 6.07 Å². The van der Waals surface area contributed by atoms with Crippen molar-refractivity contribution >= 4 is 15.9 Å². The van der Waals surface area contributed by atoms with Crippen molar-refractivity contribution in [2.24, 2.45) is 5.92 Å². The van der Waals surface area contributed by atoms with Gasteiger partial charge in [0.25, 0.3) is 0 Å². The molecule has 0 saturated carbocycles. The topological polar surface area (TPSA) is 90.3 Å².